The maximum atomic E-state index is 12.4. The van der Waals surface area contributed by atoms with E-state index in [4.69, 9.17) is 6.42 Å². The summed E-state index contributed by atoms with van der Waals surface area (Å²) >= 11 is 0. The summed E-state index contributed by atoms with van der Waals surface area (Å²) in [5.41, 5.74) is 1.29. The molecule has 4 aromatic rings. The fourth-order valence-corrected chi connectivity index (χ4v) is 11.2. The first kappa shape index (κ1) is 58.2. The maximum Gasteiger partial charge on any atom is 1.00 e. The molecule has 0 spiro atoms. The average molecular weight is 1030 g/mol. The Morgan fingerprint density at radius 2 is 1.23 bits per heavy atom. The van der Waals surface area contributed by atoms with Crippen LogP contribution in [0.1, 0.15) is 64.5 Å². The Morgan fingerprint density at radius 3 is 1.73 bits per heavy atom. The largest absolute Gasteiger partial charge is 1.00 e. The molecule has 324 valence electrons. The van der Waals surface area contributed by atoms with Crippen molar-refractivity contribution < 1.29 is 215 Å². The van der Waals surface area contributed by atoms with Crippen molar-refractivity contribution in [2.75, 3.05) is 25.0 Å². The van der Waals surface area contributed by atoms with Gasteiger partial charge in [0, 0.05) is 52.9 Å². The molecule has 2 heterocycles. The Bertz CT molecular complexity index is 3180. The third-order valence-electron chi connectivity index (χ3n) is 11.2. The van der Waals surface area contributed by atoms with E-state index in [1.54, 1.807) is 55.8 Å². The summed E-state index contributed by atoms with van der Waals surface area (Å²) in [6, 6.07) is 9.24. The molecule has 1 amide bonds. The normalized spacial score (nSPS) is 16.2. The van der Waals surface area contributed by atoms with Crippen LogP contribution in [0.4, 0.5) is 11.4 Å². The molecule has 0 radical (unpaired) electrons. The minimum Gasteiger partial charge on any atom is -0.744 e. The molecule has 0 saturated carbocycles. The number of allylic oxidation sites excluding steroid dienone is 4. The van der Waals surface area contributed by atoms with Crippen molar-refractivity contribution in [3.05, 3.63) is 83.6 Å². The van der Waals surface area contributed by atoms with Gasteiger partial charge in [0.25, 0.3) is 0 Å². The van der Waals surface area contributed by atoms with Crippen molar-refractivity contribution in [3.63, 3.8) is 0 Å². The van der Waals surface area contributed by atoms with Crippen molar-refractivity contribution in [2.24, 2.45) is 0 Å². The van der Waals surface area contributed by atoms with Crippen molar-refractivity contribution in [1.29, 1.82) is 0 Å². The number of anilines is 1. The molecule has 0 atom stereocenters. The number of hydrogen-bond donors (Lipinski definition) is 1. The summed E-state index contributed by atoms with van der Waals surface area (Å²) in [5.74, 6) is 2.15. The summed E-state index contributed by atoms with van der Waals surface area (Å²) in [5, 5.41) is 2.65. The van der Waals surface area contributed by atoms with E-state index in [1.165, 1.54) is 12.1 Å². The first-order valence-electron chi connectivity index (χ1n) is 18.7. The van der Waals surface area contributed by atoms with Gasteiger partial charge in [-0.2, -0.15) is 4.58 Å². The second-order valence-corrected chi connectivity index (χ2v) is 21.3. The third kappa shape index (κ3) is 11.7. The van der Waals surface area contributed by atoms with Crippen LogP contribution in [0.15, 0.2) is 92.0 Å². The van der Waals surface area contributed by atoms with Gasteiger partial charge in [-0.3, -0.25) is 4.79 Å². The van der Waals surface area contributed by atoms with E-state index < -0.39 is 70.9 Å². The zero-order valence-electron chi connectivity index (χ0n) is 36.5. The van der Waals surface area contributed by atoms with E-state index >= 15 is 0 Å². The van der Waals surface area contributed by atoms with E-state index in [0.29, 0.717) is 71.9 Å². The number of benzene rings is 4. The fraction of sp³-hybridized carbons (Fsp3) is 0.317. The second-order valence-electron chi connectivity index (χ2n) is 15.8. The van der Waals surface area contributed by atoms with Gasteiger partial charge in [0.2, 0.25) is 11.6 Å². The number of amides is 1. The number of rotatable bonds is 13. The molecule has 2 aliphatic rings. The molecule has 2 aliphatic heterocycles. The summed E-state index contributed by atoms with van der Waals surface area (Å²) in [6.45, 7) is 7.70. The van der Waals surface area contributed by atoms with Gasteiger partial charge in [-0.1, -0.05) is 38.3 Å². The quantitative estimate of drug-likeness (QED) is 0.0434. The molecule has 0 bridgehead atoms. The molecule has 0 unspecified atom stereocenters. The van der Waals surface area contributed by atoms with Gasteiger partial charge >= 0.3 is 154 Å². The van der Waals surface area contributed by atoms with Crippen LogP contribution in [0.2, 0.25) is 0 Å². The van der Waals surface area contributed by atoms with Gasteiger partial charge in [-0.25, -0.2) is 33.7 Å². The molecule has 23 heteroatoms. The molecule has 6 rings (SSSR count). The zero-order valence-corrected chi connectivity index (χ0v) is 49.1. The van der Waals surface area contributed by atoms with Gasteiger partial charge in [0.15, 0.2) is 5.71 Å². The van der Waals surface area contributed by atoms with Crippen LogP contribution in [-0.4, -0.2) is 88.2 Å². The van der Waals surface area contributed by atoms with Crippen molar-refractivity contribution in [1.82, 2.24) is 5.32 Å². The number of fused-ring (bicyclic) bond motifs is 6. The van der Waals surface area contributed by atoms with Gasteiger partial charge in [-0.15, -0.1) is 6.42 Å². The zero-order chi connectivity index (χ0) is 45.2. The molecule has 1 N–H and O–H groups in total. The molecule has 0 aliphatic carbocycles. The van der Waals surface area contributed by atoms with Gasteiger partial charge < -0.3 is 28.4 Å². The van der Waals surface area contributed by atoms with Crippen LogP contribution in [0.25, 0.3) is 21.5 Å². The van der Waals surface area contributed by atoms with Gasteiger partial charge in [-0.05, 0) is 90.9 Å². The first-order valence-corrected chi connectivity index (χ1v) is 24.3. The Balaban J connectivity index is 0.00000363. The first-order chi connectivity index (χ1) is 28.1. The number of nitrogens with zero attached hydrogens (tertiary/aromatic N) is 2. The number of carbonyl (C=O) groups excluding carboxylic acids is 1. The fourth-order valence-electron chi connectivity index (χ4n) is 8.58. The predicted molar refractivity (Wildman–Crippen MR) is 222 cm³/mol. The van der Waals surface area contributed by atoms with Crippen LogP contribution in [-0.2, 0) is 56.1 Å². The number of unbranched alkanes of at least 4 members (excludes halogenated alkanes) is 2. The number of hydrogen-bond acceptors (Lipinski definition) is 14. The number of nitrogens with one attached hydrogen (secondary N) is 1. The van der Waals surface area contributed by atoms with Crippen LogP contribution in [0.3, 0.4) is 0 Å². The van der Waals surface area contributed by atoms with Crippen molar-refractivity contribution >= 4 is 85.0 Å². The molecule has 64 heavy (non-hydrogen) atoms. The smallest absolute Gasteiger partial charge is 0.744 e. The van der Waals surface area contributed by atoms with Crippen LogP contribution in [0, 0.1) is 12.3 Å². The third-order valence-corrected chi connectivity index (χ3v) is 14.6. The van der Waals surface area contributed by atoms with Crippen LogP contribution >= 0.6 is 0 Å². The minimum absolute atomic E-state index is 0. The van der Waals surface area contributed by atoms with E-state index in [9.17, 15) is 56.7 Å². The topological polar surface area (TPSA) is 264 Å². The average Bonchev–Trinajstić information content (AvgIpc) is 3.48. The van der Waals surface area contributed by atoms with E-state index in [1.807, 2.05) is 18.7 Å². The standard InChI is InChI=1S/C41H43N3O13S4.3K/c1-7-19-42-37(45)14-9-8-10-20-44-32-18-16-28-30(22-26(59(49,50)51)24-34(28)61(55,56)57)39(32)41(4,5)36(44)13-11-12-35-40(2,3)38-29-21-25(58(46,47)48)23-33(60(52,53)54)27(29)15-17-31(38)43(35)6;;;/h1,11-13,15-18,21-24H,8-10,14,19-20H2,2-6H3,(H4-,42,45,46,47,48,49,50,51,52,53,54,55,56,57);;;/q;3*+1/p-3. The van der Waals surface area contributed by atoms with Crippen LogP contribution in [0.5, 0.6) is 0 Å². The number of carbonyl (C=O) groups is 1. The van der Waals surface area contributed by atoms with Gasteiger partial charge in [0.05, 0.1) is 31.5 Å². The van der Waals surface area contributed by atoms with E-state index in [0.717, 1.165) is 12.1 Å². The SMILES string of the molecule is C#CCNC(=O)CCCCCN1C(=CC=CC2=[N+](C)c3ccc4c(S(=O)(=O)[O-])cc(S(=O)(=O)[O-])cc4c3C2(C)C)C(C)(C)c2c1ccc1c(S(=O)(=O)[O-])cc(S(=O)(=O)[O-])cc21.[K+].[K+].[K+]. The number of terminal acetylenes is 1. The predicted octanol–water partition coefficient (Wildman–Crippen LogP) is -4.82. The Labute approximate surface area is 501 Å². The Kier molecular flexibility index (Phi) is 19.6. The van der Waals surface area contributed by atoms with Crippen molar-refractivity contribution in [3.8, 4) is 12.3 Å². The van der Waals surface area contributed by atoms with Crippen LogP contribution < -0.4 is 164 Å². The summed E-state index contributed by atoms with van der Waals surface area (Å²) in [4.78, 5) is 10.6. The van der Waals surface area contributed by atoms with Crippen molar-refractivity contribution in [2.45, 2.75) is 83.8 Å². The molecule has 0 aromatic heterocycles. The minimum atomic E-state index is -5.26. The molecular formula is C41H40K3N3O13S4. The monoisotopic (exact) mass is 1030 g/mol. The molecular weight excluding hydrogens is 988 g/mol. The summed E-state index contributed by atoms with van der Waals surface area (Å²) in [7, 11) is -19.2. The summed E-state index contributed by atoms with van der Waals surface area (Å²) in [6.07, 6.45) is 12.5. The molecule has 4 aromatic carbocycles. The van der Waals surface area contributed by atoms with E-state index in [-0.39, 0.29) is 195 Å². The Hall–Kier alpha value is -0.0709. The van der Waals surface area contributed by atoms with Gasteiger partial charge in [0.1, 0.15) is 47.5 Å². The summed E-state index contributed by atoms with van der Waals surface area (Å²) < 4.78 is 149. The molecule has 16 nitrogen and oxygen atoms in total. The second kappa shape index (κ2) is 21.5. The van der Waals surface area contributed by atoms with E-state index in [2.05, 4.69) is 11.2 Å². The molecule has 0 saturated heterocycles. The Morgan fingerprint density at radius 1 is 0.719 bits per heavy atom. The maximum absolute atomic E-state index is 12.4. The molecule has 0 fully saturated rings.